The minimum Gasteiger partial charge on any atom is -0.383 e. The molecule has 0 aromatic carbocycles. The Bertz CT molecular complexity index is 385. The largest absolute Gasteiger partial charge is 0.383 e. The molecule has 17 heavy (non-hydrogen) atoms. The number of halogens is 2. The van der Waals surface area contributed by atoms with Crippen LogP contribution < -0.4 is 5.32 Å². The second-order valence-electron chi connectivity index (χ2n) is 3.53. The van der Waals surface area contributed by atoms with Gasteiger partial charge in [-0.05, 0) is 13.0 Å². The quantitative estimate of drug-likeness (QED) is 0.858. The van der Waals surface area contributed by atoms with Crippen LogP contribution in [0, 0.1) is 0 Å². The van der Waals surface area contributed by atoms with E-state index in [1.54, 1.807) is 0 Å². The molecule has 0 spiro atoms. The summed E-state index contributed by atoms with van der Waals surface area (Å²) in [5.74, 6) is -0.441. The summed E-state index contributed by atoms with van der Waals surface area (Å²) in [6.45, 7) is 1.93. The summed E-state index contributed by atoms with van der Waals surface area (Å²) in [5.41, 5.74) is 0.908. The normalized spacial score (nSPS) is 10.4. The molecule has 1 amide bonds. The molecule has 0 unspecified atom stereocenters. The molecule has 94 valence electrons. The first-order valence-corrected chi connectivity index (χ1v) is 5.27. The zero-order valence-electron chi connectivity index (χ0n) is 9.78. The van der Waals surface area contributed by atoms with Crippen molar-refractivity contribution >= 4 is 11.6 Å². The zero-order chi connectivity index (χ0) is 12.8. The van der Waals surface area contributed by atoms with E-state index in [0.29, 0.717) is 17.8 Å². The Morgan fingerprint density at radius 3 is 2.88 bits per heavy atom. The number of nitrogens with zero attached hydrogens (tertiary/aromatic N) is 2. The maximum atomic E-state index is 12.2. The van der Waals surface area contributed by atoms with E-state index in [0.717, 1.165) is 4.90 Å². The fraction of sp³-hybridized carbons (Fsp3) is 0.455. The first kappa shape index (κ1) is 13.3. The van der Waals surface area contributed by atoms with Crippen molar-refractivity contribution in [2.75, 3.05) is 25.5 Å². The Morgan fingerprint density at radius 2 is 2.29 bits per heavy atom. The number of hydrogen-bond donors (Lipinski definition) is 1. The maximum absolute atomic E-state index is 12.2. The van der Waals surface area contributed by atoms with Crippen LogP contribution in [0.1, 0.15) is 17.3 Å². The van der Waals surface area contributed by atoms with E-state index in [1.807, 2.05) is 6.92 Å². The molecule has 0 aliphatic heterocycles. The molecule has 4 nitrogen and oxygen atoms in total. The number of hydrogen-bond acceptors (Lipinski definition) is 3. The van der Waals surface area contributed by atoms with Crippen LogP contribution in [-0.2, 0) is 0 Å². The zero-order valence-corrected chi connectivity index (χ0v) is 9.78. The van der Waals surface area contributed by atoms with Crippen LogP contribution in [0.3, 0.4) is 0 Å². The van der Waals surface area contributed by atoms with Crippen LogP contribution in [0.4, 0.5) is 14.5 Å². The lowest BCUT2D eigenvalue weighted by atomic mass is 10.2. The Kier molecular flexibility index (Phi) is 4.81. The van der Waals surface area contributed by atoms with E-state index in [4.69, 9.17) is 0 Å². The van der Waals surface area contributed by atoms with Gasteiger partial charge in [0.05, 0.1) is 24.0 Å². The average Bonchev–Trinajstić information content (AvgIpc) is 2.28. The van der Waals surface area contributed by atoms with Gasteiger partial charge in [-0.2, -0.15) is 0 Å². The van der Waals surface area contributed by atoms with Gasteiger partial charge in [-0.3, -0.25) is 9.78 Å². The fourth-order valence-corrected chi connectivity index (χ4v) is 1.41. The highest BCUT2D eigenvalue weighted by Gasteiger charge is 2.18. The maximum Gasteiger partial charge on any atom is 0.256 e. The van der Waals surface area contributed by atoms with Crippen molar-refractivity contribution in [3.8, 4) is 0 Å². The summed E-state index contributed by atoms with van der Waals surface area (Å²) in [5, 5.41) is 2.97. The van der Waals surface area contributed by atoms with Crippen molar-refractivity contribution < 1.29 is 13.6 Å². The highest BCUT2D eigenvalue weighted by Crippen LogP contribution is 2.15. The van der Waals surface area contributed by atoms with E-state index in [-0.39, 0.29) is 0 Å². The molecule has 0 bridgehead atoms. The van der Waals surface area contributed by atoms with Crippen LogP contribution >= 0.6 is 0 Å². The Hall–Kier alpha value is -1.72. The second-order valence-corrected chi connectivity index (χ2v) is 3.53. The number of rotatable bonds is 5. The fourth-order valence-electron chi connectivity index (χ4n) is 1.41. The minimum atomic E-state index is -2.53. The number of carbonyl (C=O) groups is 1. The van der Waals surface area contributed by atoms with Gasteiger partial charge in [0.15, 0.2) is 0 Å². The molecule has 0 aliphatic rings. The van der Waals surface area contributed by atoms with Crippen molar-refractivity contribution in [2.45, 2.75) is 13.3 Å². The van der Waals surface area contributed by atoms with Gasteiger partial charge in [0.25, 0.3) is 12.3 Å². The van der Waals surface area contributed by atoms with Gasteiger partial charge in [0.2, 0.25) is 0 Å². The van der Waals surface area contributed by atoms with E-state index >= 15 is 0 Å². The molecule has 1 heterocycles. The predicted octanol–water partition coefficient (Wildman–Crippen LogP) is 1.85. The molecule has 0 atom stereocenters. The van der Waals surface area contributed by atoms with Gasteiger partial charge in [-0.25, -0.2) is 8.78 Å². The number of amides is 1. The van der Waals surface area contributed by atoms with Crippen molar-refractivity contribution in [1.82, 2.24) is 9.88 Å². The highest BCUT2D eigenvalue weighted by atomic mass is 19.3. The SMILES string of the molecule is CCNc1cnccc1C(=O)N(C)CC(F)F. The molecular weight excluding hydrogens is 228 g/mol. The lowest BCUT2D eigenvalue weighted by molar-refractivity contribution is 0.0621. The molecule has 1 aromatic heterocycles. The number of nitrogens with one attached hydrogen (secondary N) is 1. The Morgan fingerprint density at radius 1 is 1.59 bits per heavy atom. The third-order valence-corrected chi connectivity index (χ3v) is 2.18. The minimum absolute atomic E-state index is 0.352. The third-order valence-electron chi connectivity index (χ3n) is 2.18. The summed E-state index contributed by atoms with van der Waals surface area (Å²) >= 11 is 0. The van der Waals surface area contributed by atoms with Crippen LogP contribution in [0.5, 0.6) is 0 Å². The van der Waals surface area contributed by atoms with Gasteiger partial charge >= 0.3 is 0 Å². The lowest BCUT2D eigenvalue weighted by Crippen LogP contribution is -2.31. The van der Waals surface area contributed by atoms with Crippen molar-refractivity contribution in [1.29, 1.82) is 0 Å². The van der Waals surface area contributed by atoms with Gasteiger partial charge in [0.1, 0.15) is 0 Å². The Labute approximate surface area is 98.6 Å². The van der Waals surface area contributed by atoms with Crippen LogP contribution in [0.2, 0.25) is 0 Å². The molecule has 1 rings (SSSR count). The van der Waals surface area contributed by atoms with E-state index in [1.165, 1.54) is 25.5 Å². The second kappa shape index (κ2) is 6.12. The van der Waals surface area contributed by atoms with Crippen molar-refractivity contribution in [2.24, 2.45) is 0 Å². The molecule has 0 fully saturated rings. The first-order chi connectivity index (χ1) is 8.06. The molecule has 6 heteroatoms. The van der Waals surface area contributed by atoms with Gasteiger partial charge in [0, 0.05) is 19.8 Å². The summed E-state index contributed by atoms with van der Waals surface area (Å²) in [6, 6.07) is 1.52. The third kappa shape index (κ3) is 3.65. The highest BCUT2D eigenvalue weighted by molar-refractivity contribution is 5.99. The van der Waals surface area contributed by atoms with Crippen LogP contribution in [-0.4, -0.2) is 42.4 Å². The number of pyridine rings is 1. The number of anilines is 1. The van der Waals surface area contributed by atoms with Crippen molar-refractivity contribution in [3.63, 3.8) is 0 Å². The molecule has 0 radical (unpaired) electrons. The summed E-state index contributed by atoms with van der Waals surface area (Å²) in [7, 11) is 1.35. The van der Waals surface area contributed by atoms with Crippen LogP contribution in [0.15, 0.2) is 18.5 Å². The monoisotopic (exact) mass is 243 g/mol. The van der Waals surface area contributed by atoms with E-state index in [9.17, 15) is 13.6 Å². The summed E-state index contributed by atoms with van der Waals surface area (Å²) < 4.78 is 24.4. The molecule has 1 N–H and O–H groups in total. The number of alkyl halides is 2. The van der Waals surface area contributed by atoms with Gasteiger partial charge in [-0.15, -0.1) is 0 Å². The predicted molar refractivity (Wildman–Crippen MR) is 61.4 cm³/mol. The smallest absolute Gasteiger partial charge is 0.256 e. The summed E-state index contributed by atoms with van der Waals surface area (Å²) in [4.78, 5) is 16.8. The number of aromatic nitrogens is 1. The standard InChI is InChI=1S/C11H15F2N3O/c1-3-15-9-6-14-5-4-8(9)11(17)16(2)7-10(12)13/h4-6,10,15H,3,7H2,1-2H3. The lowest BCUT2D eigenvalue weighted by Gasteiger charge is -2.18. The summed E-state index contributed by atoms with van der Waals surface area (Å²) in [6.07, 6.45) is 0.436. The average molecular weight is 243 g/mol. The Balaban J connectivity index is 2.87. The van der Waals surface area contributed by atoms with Crippen molar-refractivity contribution in [3.05, 3.63) is 24.0 Å². The molecule has 0 saturated heterocycles. The van der Waals surface area contributed by atoms with Gasteiger partial charge < -0.3 is 10.2 Å². The molecule has 1 aromatic rings. The topological polar surface area (TPSA) is 45.2 Å². The van der Waals surface area contributed by atoms with Crippen LogP contribution in [0.25, 0.3) is 0 Å². The first-order valence-electron chi connectivity index (χ1n) is 5.27. The molecule has 0 aliphatic carbocycles. The van der Waals surface area contributed by atoms with Gasteiger partial charge in [-0.1, -0.05) is 0 Å². The van der Waals surface area contributed by atoms with E-state index in [2.05, 4.69) is 10.3 Å². The molecule has 0 saturated carbocycles. The van der Waals surface area contributed by atoms with E-state index < -0.39 is 18.9 Å². The number of carbonyl (C=O) groups excluding carboxylic acids is 1. The molecular formula is C11H15F2N3O.